The van der Waals surface area contributed by atoms with Crippen molar-refractivity contribution in [3.05, 3.63) is 29.3 Å². The van der Waals surface area contributed by atoms with Crippen molar-refractivity contribution in [1.82, 2.24) is 0 Å². The van der Waals surface area contributed by atoms with Gasteiger partial charge in [0, 0.05) is 5.69 Å². The lowest BCUT2D eigenvalue weighted by Gasteiger charge is -2.13. The molecule has 0 heterocycles. The molecule has 0 unspecified atom stereocenters. The van der Waals surface area contributed by atoms with Gasteiger partial charge in [-0.1, -0.05) is 44.7 Å². The number of hydrogen-bond donors (Lipinski definition) is 1. The van der Waals surface area contributed by atoms with Crippen molar-refractivity contribution in [1.29, 1.82) is 0 Å². The Hall–Kier alpha value is -1.09. The Kier molecular flexibility index (Phi) is 7.49. The van der Waals surface area contributed by atoms with Gasteiger partial charge in [0.25, 0.3) is 5.17 Å². The largest absolute Gasteiger partial charge is 0.471 e. The van der Waals surface area contributed by atoms with Gasteiger partial charge in [0.1, 0.15) is 0 Å². The summed E-state index contributed by atoms with van der Waals surface area (Å²) >= 11 is 5.21. The molecule has 0 radical (unpaired) electrons. The van der Waals surface area contributed by atoms with Crippen molar-refractivity contribution in [2.75, 3.05) is 11.9 Å². The van der Waals surface area contributed by atoms with Gasteiger partial charge in [-0.2, -0.15) is 0 Å². The Bertz CT molecular complexity index is 404. The summed E-state index contributed by atoms with van der Waals surface area (Å²) in [6.45, 7) is 7.11. The Morgan fingerprint density at radius 2 is 1.89 bits per heavy atom. The molecule has 0 bridgehead atoms. The van der Waals surface area contributed by atoms with Gasteiger partial charge in [0.05, 0.1) is 6.61 Å². The smallest absolute Gasteiger partial charge is 0.261 e. The number of nitrogens with one attached hydrogen (secondary N) is 1. The fourth-order valence-corrected chi connectivity index (χ4v) is 2.10. The van der Waals surface area contributed by atoms with Crippen LogP contribution in [-0.2, 0) is 4.74 Å². The number of benzene rings is 1. The fraction of sp³-hybridized carbons (Fsp3) is 0.562. The van der Waals surface area contributed by atoms with E-state index in [1.54, 1.807) is 0 Å². The van der Waals surface area contributed by atoms with E-state index >= 15 is 0 Å². The zero-order valence-electron chi connectivity index (χ0n) is 12.3. The van der Waals surface area contributed by atoms with Crippen LogP contribution in [0, 0.1) is 13.8 Å². The first kappa shape index (κ1) is 16.0. The van der Waals surface area contributed by atoms with Gasteiger partial charge in [0.2, 0.25) is 0 Å². The molecule has 1 N–H and O–H groups in total. The van der Waals surface area contributed by atoms with E-state index in [-0.39, 0.29) is 0 Å². The molecule has 0 aliphatic rings. The van der Waals surface area contributed by atoms with Crippen LogP contribution in [0.25, 0.3) is 0 Å². The van der Waals surface area contributed by atoms with Crippen LogP contribution in [0.3, 0.4) is 0 Å². The average Bonchev–Trinajstić information content (AvgIpc) is 2.39. The predicted octanol–water partition coefficient (Wildman–Crippen LogP) is 4.99. The molecule has 0 aromatic heterocycles. The lowest BCUT2D eigenvalue weighted by Crippen LogP contribution is -2.15. The average molecular weight is 279 g/mol. The quantitative estimate of drug-likeness (QED) is 0.561. The molecule has 3 heteroatoms. The Morgan fingerprint density at radius 1 is 1.16 bits per heavy atom. The summed E-state index contributed by atoms with van der Waals surface area (Å²) in [4.78, 5) is 0. The maximum atomic E-state index is 5.54. The van der Waals surface area contributed by atoms with Crippen LogP contribution in [0.2, 0.25) is 0 Å². The molecule has 0 aliphatic carbocycles. The monoisotopic (exact) mass is 279 g/mol. The van der Waals surface area contributed by atoms with E-state index in [4.69, 9.17) is 17.0 Å². The summed E-state index contributed by atoms with van der Waals surface area (Å²) < 4.78 is 5.54. The minimum atomic E-state index is 0.476. The maximum Gasteiger partial charge on any atom is 0.261 e. The second-order valence-electron chi connectivity index (χ2n) is 4.92. The van der Waals surface area contributed by atoms with E-state index in [1.807, 2.05) is 12.1 Å². The molecule has 1 rings (SSSR count). The van der Waals surface area contributed by atoms with Crippen LogP contribution in [0.5, 0.6) is 0 Å². The van der Waals surface area contributed by atoms with E-state index in [2.05, 4.69) is 32.2 Å². The van der Waals surface area contributed by atoms with Crippen molar-refractivity contribution in [2.24, 2.45) is 0 Å². The molecule has 19 heavy (non-hydrogen) atoms. The van der Waals surface area contributed by atoms with Gasteiger partial charge >= 0.3 is 0 Å². The summed E-state index contributed by atoms with van der Waals surface area (Å²) in [7, 11) is 0. The third kappa shape index (κ3) is 6.06. The highest BCUT2D eigenvalue weighted by atomic mass is 32.1. The molecule has 0 amide bonds. The number of thiocarbonyl (C=S) groups is 1. The van der Waals surface area contributed by atoms with Gasteiger partial charge in [-0.15, -0.1) is 0 Å². The number of ether oxygens (including phenoxy) is 1. The maximum absolute atomic E-state index is 5.54. The SMILES string of the molecule is CCCCCCCOC(=S)Nc1cccc(C)c1C. The topological polar surface area (TPSA) is 21.3 Å². The number of anilines is 1. The molecule has 1 aromatic rings. The van der Waals surface area contributed by atoms with Crippen molar-refractivity contribution in [3.63, 3.8) is 0 Å². The zero-order valence-corrected chi connectivity index (χ0v) is 13.1. The second kappa shape index (κ2) is 8.92. The minimum Gasteiger partial charge on any atom is -0.471 e. The summed E-state index contributed by atoms with van der Waals surface area (Å²) in [5, 5.41) is 3.64. The molecular formula is C16H25NOS. The first-order chi connectivity index (χ1) is 9.15. The van der Waals surface area contributed by atoms with E-state index in [0.29, 0.717) is 11.8 Å². The van der Waals surface area contributed by atoms with E-state index in [9.17, 15) is 0 Å². The summed E-state index contributed by atoms with van der Waals surface area (Å²) in [6.07, 6.45) is 6.17. The zero-order chi connectivity index (χ0) is 14.1. The normalized spacial score (nSPS) is 10.3. The highest BCUT2D eigenvalue weighted by Crippen LogP contribution is 2.18. The lowest BCUT2D eigenvalue weighted by atomic mass is 10.1. The molecule has 0 atom stereocenters. The van der Waals surface area contributed by atoms with Gasteiger partial charge in [0.15, 0.2) is 0 Å². The minimum absolute atomic E-state index is 0.476. The molecule has 0 saturated heterocycles. The third-order valence-electron chi connectivity index (χ3n) is 3.32. The standard InChI is InChI=1S/C16H25NOS/c1-4-5-6-7-8-12-18-16(19)17-15-11-9-10-13(2)14(15)3/h9-11H,4-8,12H2,1-3H3,(H,17,19). The van der Waals surface area contributed by atoms with Crippen LogP contribution >= 0.6 is 12.2 Å². The summed E-state index contributed by atoms with van der Waals surface area (Å²) in [6, 6.07) is 6.15. The van der Waals surface area contributed by atoms with Crippen LogP contribution in [0.1, 0.15) is 50.2 Å². The fourth-order valence-electron chi connectivity index (χ4n) is 1.90. The lowest BCUT2D eigenvalue weighted by molar-refractivity contribution is 0.299. The molecule has 0 fully saturated rings. The van der Waals surface area contributed by atoms with Crippen molar-refractivity contribution in [2.45, 2.75) is 52.9 Å². The Labute approximate surface area is 122 Å². The first-order valence-corrected chi connectivity index (χ1v) is 7.56. The molecule has 2 nitrogen and oxygen atoms in total. The van der Waals surface area contributed by atoms with Gasteiger partial charge in [-0.05, 0) is 49.7 Å². The van der Waals surface area contributed by atoms with Crippen molar-refractivity contribution < 1.29 is 4.74 Å². The van der Waals surface area contributed by atoms with Crippen molar-refractivity contribution in [3.8, 4) is 0 Å². The molecule has 1 aromatic carbocycles. The highest BCUT2D eigenvalue weighted by molar-refractivity contribution is 7.80. The van der Waals surface area contributed by atoms with Gasteiger partial charge < -0.3 is 10.1 Å². The summed E-state index contributed by atoms with van der Waals surface area (Å²) in [5.74, 6) is 0. The second-order valence-corrected chi connectivity index (χ2v) is 5.29. The van der Waals surface area contributed by atoms with Crippen LogP contribution in [0.4, 0.5) is 5.69 Å². The first-order valence-electron chi connectivity index (χ1n) is 7.15. The molecule has 0 saturated carbocycles. The van der Waals surface area contributed by atoms with E-state index < -0.39 is 0 Å². The van der Waals surface area contributed by atoms with Crippen molar-refractivity contribution >= 4 is 23.1 Å². The molecule has 106 valence electrons. The highest BCUT2D eigenvalue weighted by Gasteiger charge is 2.03. The van der Waals surface area contributed by atoms with Crippen LogP contribution in [0.15, 0.2) is 18.2 Å². The van der Waals surface area contributed by atoms with Gasteiger partial charge in [-0.3, -0.25) is 0 Å². The number of hydrogen-bond acceptors (Lipinski definition) is 2. The number of aryl methyl sites for hydroxylation is 1. The molecular weight excluding hydrogens is 254 g/mol. The van der Waals surface area contributed by atoms with E-state index in [0.717, 1.165) is 12.1 Å². The number of rotatable bonds is 7. The van der Waals surface area contributed by atoms with Gasteiger partial charge in [-0.25, -0.2) is 0 Å². The van der Waals surface area contributed by atoms with Crippen LogP contribution in [-0.4, -0.2) is 11.8 Å². The Morgan fingerprint density at radius 3 is 2.63 bits per heavy atom. The molecule has 0 aliphatic heterocycles. The Balaban J connectivity index is 2.26. The third-order valence-corrected chi connectivity index (χ3v) is 3.54. The van der Waals surface area contributed by atoms with E-state index in [1.165, 1.54) is 36.8 Å². The number of unbranched alkanes of at least 4 members (excludes halogenated alkanes) is 4. The van der Waals surface area contributed by atoms with Crippen LogP contribution < -0.4 is 5.32 Å². The summed E-state index contributed by atoms with van der Waals surface area (Å²) in [5.41, 5.74) is 3.51. The molecule has 0 spiro atoms. The predicted molar refractivity (Wildman–Crippen MR) is 86.8 cm³/mol.